The van der Waals surface area contributed by atoms with Gasteiger partial charge in [-0.15, -0.1) is 0 Å². The maximum Gasteiger partial charge on any atom is 0.344 e. The van der Waals surface area contributed by atoms with E-state index in [1.807, 2.05) is 36.4 Å². The molecule has 0 saturated heterocycles. The molecule has 6 heteroatoms. The molecular formula is C17H11N3O2S. The van der Waals surface area contributed by atoms with Crippen molar-refractivity contribution in [3.05, 3.63) is 64.3 Å². The summed E-state index contributed by atoms with van der Waals surface area (Å²) >= 11 is 0.978. The lowest BCUT2D eigenvalue weighted by Gasteiger charge is -2.05. The van der Waals surface area contributed by atoms with Crippen LogP contribution in [0.5, 0.6) is 5.75 Å². The molecule has 0 aliphatic rings. The van der Waals surface area contributed by atoms with E-state index >= 15 is 0 Å². The van der Waals surface area contributed by atoms with Crippen LogP contribution in [0.1, 0.15) is 0 Å². The van der Waals surface area contributed by atoms with Crippen LogP contribution in [-0.4, -0.2) is 19.4 Å². The first kappa shape index (κ1) is 13.7. The van der Waals surface area contributed by atoms with Crippen molar-refractivity contribution in [2.75, 3.05) is 0 Å². The van der Waals surface area contributed by atoms with Crippen molar-refractivity contribution >= 4 is 22.4 Å². The summed E-state index contributed by atoms with van der Waals surface area (Å²) in [6.45, 7) is 0. The maximum atomic E-state index is 11.1. The van der Waals surface area contributed by atoms with Gasteiger partial charge in [-0.3, -0.25) is 9.17 Å². The number of benzene rings is 2. The van der Waals surface area contributed by atoms with Crippen LogP contribution < -0.4 is 4.87 Å². The summed E-state index contributed by atoms with van der Waals surface area (Å²) in [4.78, 5) is 19.4. The molecule has 4 aromatic rings. The zero-order valence-corrected chi connectivity index (χ0v) is 12.7. The van der Waals surface area contributed by atoms with Crippen molar-refractivity contribution in [1.82, 2.24) is 14.3 Å². The first-order valence-corrected chi connectivity index (χ1v) is 7.77. The summed E-state index contributed by atoms with van der Waals surface area (Å²) in [6, 6.07) is 16.7. The third-order valence-electron chi connectivity index (χ3n) is 3.56. The Bertz CT molecular complexity index is 1050. The number of fused-ring (bicyclic) bond motifs is 1. The van der Waals surface area contributed by atoms with E-state index in [1.165, 1.54) is 0 Å². The zero-order chi connectivity index (χ0) is 15.8. The first-order valence-electron chi connectivity index (χ1n) is 6.95. The zero-order valence-electron chi connectivity index (χ0n) is 11.9. The van der Waals surface area contributed by atoms with Gasteiger partial charge < -0.3 is 5.11 Å². The van der Waals surface area contributed by atoms with E-state index in [0.717, 1.165) is 39.3 Å². The van der Waals surface area contributed by atoms with Crippen LogP contribution >= 0.6 is 11.5 Å². The van der Waals surface area contributed by atoms with E-state index in [-0.39, 0.29) is 10.6 Å². The summed E-state index contributed by atoms with van der Waals surface area (Å²) in [6.07, 6.45) is 0. The average Bonchev–Trinajstić information content (AvgIpc) is 3.01. The lowest BCUT2D eigenvalue weighted by Crippen LogP contribution is -1.92. The predicted molar refractivity (Wildman–Crippen MR) is 90.6 cm³/mol. The average molecular weight is 321 g/mol. The molecule has 5 nitrogen and oxygen atoms in total. The van der Waals surface area contributed by atoms with E-state index in [9.17, 15) is 9.90 Å². The summed E-state index contributed by atoms with van der Waals surface area (Å²) < 4.78 is 2.89. The second-order valence-corrected chi connectivity index (χ2v) is 5.84. The van der Waals surface area contributed by atoms with Gasteiger partial charge in [-0.25, -0.2) is 4.98 Å². The van der Waals surface area contributed by atoms with Crippen molar-refractivity contribution in [3.8, 4) is 28.4 Å². The smallest absolute Gasteiger partial charge is 0.344 e. The maximum absolute atomic E-state index is 11.1. The summed E-state index contributed by atoms with van der Waals surface area (Å²) in [5.41, 5.74) is 3.51. The van der Waals surface area contributed by atoms with E-state index in [4.69, 9.17) is 0 Å². The van der Waals surface area contributed by atoms with Crippen LogP contribution in [0.3, 0.4) is 0 Å². The first-order chi connectivity index (χ1) is 11.2. The van der Waals surface area contributed by atoms with E-state index in [1.54, 1.807) is 18.2 Å². The number of aromatic hydroxyl groups is 1. The lowest BCUT2D eigenvalue weighted by atomic mass is 10.1. The molecule has 0 atom stereocenters. The van der Waals surface area contributed by atoms with E-state index in [2.05, 4.69) is 14.3 Å². The monoisotopic (exact) mass is 321 g/mol. The Labute approximate surface area is 135 Å². The summed E-state index contributed by atoms with van der Waals surface area (Å²) in [5, 5.41) is 10.4. The molecule has 0 radical (unpaired) electrons. The van der Waals surface area contributed by atoms with Gasteiger partial charge in [-0.2, -0.15) is 4.98 Å². The Balaban J connectivity index is 1.73. The number of phenolic OH excluding ortho intramolecular Hbond substituents is 1. The van der Waals surface area contributed by atoms with Gasteiger partial charge in [-0.1, -0.05) is 30.3 Å². The highest BCUT2D eigenvalue weighted by Gasteiger charge is 2.05. The molecule has 2 heterocycles. The standard InChI is InChI=1S/C17H11N3O2S/c21-13-6-8-15-12(9-13)5-7-14(18-15)10-1-3-11(4-2-10)16-19-17(22)23-20-16/h1-9,21H,(H,19,20,22). The Kier molecular flexibility index (Phi) is 3.17. The number of aromatic amines is 1. The molecule has 23 heavy (non-hydrogen) atoms. The molecule has 0 amide bonds. The molecule has 0 unspecified atom stereocenters. The number of hydrogen-bond donors (Lipinski definition) is 2. The summed E-state index contributed by atoms with van der Waals surface area (Å²) in [7, 11) is 0. The topological polar surface area (TPSA) is 78.9 Å². The minimum absolute atomic E-state index is 0.230. The van der Waals surface area contributed by atoms with Gasteiger partial charge in [0.2, 0.25) is 0 Å². The van der Waals surface area contributed by atoms with Crippen molar-refractivity contribution in [2.45, 2.75) is 0 Å². The second-order valence-electron chi connectivity index (χ2n) is 5.08. The molecule has 0 aliphatic heterocycles. The number of H-pyrrole nitrogens is 1. The Morgan fingerprint density at radius 1 is 0.913 bits per heavy atom. The highest BCUT2D eigenvalue weighted by atomic mass is 32.1. The van der Waals surface area contributed by atoms with E-state index < -0.39 is 0 Å². The van der Waals surface area contributed by atoms with Crippen molar-refractivity contribution < 1.29 is 5.11 Å². The van der Waals surface area contributed by atoms with Crippen LogP contribution in [0.15, 0.2) is 59.4 Å². The highest BCUT2D eigenvalue weighted by molar-refractivity contribution is 7.03. The van der Waals surface area contributed by atoms with Gasteiger partial charge >= 0.3 is 4.87 Å². The van der Waals surface area contributed by atoms with Crippen molar-refractivity contribution in [3.63, 3.8) is 0 Å². The molecule has 0 spiro atoms. The number of phenols is 1. The van der Waals surface area contributed by atoms with Gasteiger partial charge in [0.15, 0.2) is 5.82 Å². The molecular weight excluding hydrogens is 310 g/mol. The van der Waals surface area contributed by atoms with Gasteiger partial charge in [-0.05, 0) is 24.3 Å². The van der Waals surface area contributed by atoms with Crippen LogP contribution in [0.2, 0.25) is 0 Å². The second kappa shape index (κ2) is 5.33. The largest absolute Gasteiger partial charge is 0.508 e. The van der Waals surface area contributed by atoms with Gasteiger partial charge in [0.25, 0.3) is 0 Å². The number of nitrogens with one attached hydrogen (secondary N) is 1. The molecule has 0 aliphatic carbocycles. The lowest BCUT2D eigenvalue weighted by molar-refractivity contribution is 0.476. The van der Waals surface area contributed by atoms with Crippen LogP contribution in [0.4, 0.5) is 0 Å². The fourth-order valence-electron chi connectivity index (χ4n) is 2.43. The molecule has 2 aromatic carbocycles. The third-order valence-corrected chi connectivity index (χ3v) is 4.13. The fraction of sp³-hybridized carbons (Fsp3) is 0. The number of hydrogen-bond acceptors (Lipinski definition) is 5. The number of pyridine rings is 1. The Morgan fingerprint density at radius 2 is 1.70 bits per heavy atom. The van der Waals surface area contributed by atoms with Crippen LogP contribution in [-0.2, 0) is 0 Å². The highest BCUT2D eigenvalue weighted by Crippen LogP contribution is 2.25. The fourth-order valence-corrected chi connectivity index (χ4v) is 2.91. The molecule has 112 valence electrons. The van der Waals surface area contributed by atoms with Gasteiger partial charge in [0, 0.05) is 28.0 Å². The minimum Gasteiger partial charge on any atom is -0.508 e. The minimum atomic E-state index is -0.233. The third kappa shape index (κ3) is 2.60. The molecule has 2 aromatic heterocycles. The van der Waals surface area contributed by atoms with Gasteiger partial charge in [0.1, 0.15) is 5.75 Å². The SMILES string of the molecule is O=c1nc(-c2ccc(-c3ccc4cc(O)ccc4n3)cc2)[nH]s1. The normalized spacial score (nSPS) is 11.0. The quantitative estimate of drug-likeness (QED) is 0.593. The van der Waals surface area contributed by atoms with Crippen molar-refractivity contribution in [1.29, 1.82) is 0 Å². The molecule has 2 N–H and O–H groups in total. The van der Waals surface area contributed by atoms with Crippen molar-refractivity contribution in [2.24, 2.45) is 0 Å². The van der Waals surface area contributed by atoms with Crippen LogP contribution in [0.25, 0.3) is 33.5 Å². The predicted octanol–water partition coefficient (Wildman–Crippen LogP) is 3.42. The Hall–Kier alpha value is -2.99. The molecule has 0 saturated carbocycles. The van der Waals surface area contributed by atoms with Crippen LogP contribution in [0, 0.1) is 0 Å². The molecule has 4 rings (SSSR count). The van der Waals surface area contributed by atoms with E-state index in [0.29, 0.717) is 5.82 Å². The number of aromatic nitrogens is 3. The Morgan fingerprint density at radius 3 is 2.43 bits per heavy atom. The summed E-state index contributed by atoms with van der Waals surface area (Å²) in [5.74, 6) is 0.808. The van der Waals surface area contributed by atoms with Gasteiger partial charge in [0.05, 0.1) is 11.2 Å². The number of rotatable bonds is 2. The molecule has 0 bridgehead atoms. The molecule has 0 fully saturated rings. The number of nitrogens with zero attached hydrogens (tertiary/aromatic N) is 2.